The van der Waals surface area contributed by atoms with E-state index in [1.54, 1.807) is 17.9 Å². The Morgan fingerprint density at radius 2 is 2.00 bits per heavy atom. The maximum atomic E-state index is 12.8. The molecule has 1 aliphatic rings. The predicted octanol–water partition coefficient (Wildman–Crippen LogP) is 1.86. The molecule has 3 heterocycles. The summed E-state index contributed by atoms with van der Waals surface area (Å²) in [5, 5.41) is 3.53. The summed E-state index contributed by atoms with van der Waals surface area (Å²) < 4.78 is 2.20. The molecule has 27 heavy (non-hydrogen) atoms. The van der Waals surface area contributed by atoms with Gasteiger partial charge in [-0.25, -0.2) is 4.98 Å². The lowest BCUT2D eigenvalue weighted by molar-refractivity contribution is -0.125. The molecule has 0 spiro atoms. The number of aromatic nitrogens is 3. The maximum Gasteiger partial charge on any atom is 0.273 e. The van der Waals surface area contributed by atoms with Crippen LogP contribution in [0.25, 0.3) is 10.3 Å². The smallest absolute Gasteiger partial charge is 0.273 e. The number of anilines is 1. The van der Waals surface area contributed by atoms with Gasteiger partial charge in [0.25, 0.3) is 5.56 Å². The molecule has 1 fully saturated rings. The van der Waals surface area contributed by atoms with Crippen LogP contribution in [0.3, 0.4) is 0 Å². The first-order valence-electron chi connectivity index (χ1n) is 9.02. The predicted molar refractivity (Wildman–Crippen MR) is 106 cm³/mol. The van der Waals surface area contributed by atoms with Gasteiger partial charge in [-0.3, -0.25) is 14.2 Å². The molecule has 4 rings (SSSR count). The van der Waals surface area contributed by atoms with Crippen molar-refractivity contribution >= 4 is 32.7 Å². The topological polar surface area (TPSA) is 80.1 Å². The molecular formula is C19H21N5O2S. The van der Waals surface area contributed by atoms with Crippen molar-refractivity contribution in [2.75, 3.05) is 25.0 Å². The number of hydrogen-bond donors (Lipinski definition) is 1. The summed E-state index contributed by atoms with van der Waals surface area (Å²) in [5.74, 6) is 0.159. The molecule has 0 saturated carbocycles. The molecule has 0 atom stereocenters. The monoisotopic (exact) mass is 383 g/mol. The Morgan fingerprint density at radius 1 is 1.26 bits per heavy atom. The van der Waals surface area contributed by atoms with Gasteiger partial charge >= 0.3 is 0 Å². The highest BCUT2D eigenvalue weighted by atomic mass is 32.1. The van der Waals surface area contributed by atoms with Crippen molar-refractivity contribution in [3.63, 3.8) is 0 Å². The van der Waals surface area contributed by atoms with Crippen LogP contribution in [0, 0.1) is 5.92 Å². The molecule has 1 aromatic carbocycles. The molecule has 3 aromatic rings. The Balaban J connectivity index is 1.55. The number of nitrogens with one attached hydrogen (secondary N) is 1. The van der Waals surface area contributed by atoms with E-state index in [1.165, 1.54) is 11.3 Å². The summed E-state index contributed by atoms with van der Waals surface area (Å²) in [5.41, 5.74) is 1.49. The van der Waals surface area contributed by atoms with Crippen molar-refractivity contribution in [3.8, 4) is 0 Å². The van der Waals surface area contributed by atoms with E-state index < -0.39 is 0 Å². The first-order chi connectivity index (χ1) is 13.2. The highest BCUT2D eigenvalue weighted by molar-refractivity contribution is 7.22. The lowest BCUT2D eigenvalue weighted by Gasteiger charge is -2.30. The molecule has 140 valence electrons. The number of rotatable bonds is 4. The van der Waals surface area contributed by atoms with Crippen LogP contribution < -0.4 is 15.8 Å². The van der Waals surface area contributed by atoms with Gasteiger partial charge in [-0.2, -0.15) is 4.98 Å². The third-order valence-electron chi connectivity index (χ3n) is 4.95. The average Bonchev–Trinajstić information content (AvgIpc) is 3.16. The summed E-state index contributed by atoms with van der Waals surface area (Å²) in [6, 6.07) is 9.85. The van der Waals surface area contributed by atoms with E-state index in [2.05, 4.69) is 20.2 Å². The number of benzene rings is 1. The van der Waals surface area contributed by atoms with Crippen molar-refractivity contribution in [1.82, 2.24) is 19.9 Å². The van der Waals surface area contributed by atoms with Gasteiger partial charge < -0.3 is 10.2 Å². The summed E-state index contributed by atoms with van der Waals surface area (Å²) >= 11 is 1.39. The van der Waals surface area contributed by atoms with Gasteiger partial charge in [0, 0.05) is 26.1 Å². The highest BCUT2D eigenvalue weighted by Crippen LogP contribution is 2.29. The molecule has 0 bridgehead atoms. The summed E-state index contributed by atoms with van der Waals surface area (Å²) in [7, 11) is 1.67. The fourth-order valence-corrected chi connectivity index (χ4v) is 4.42. The first-order valence-corrected chi connectivity index (χ1v) is 9.84. The minimum Gasteiger partial charge on any atom is -0.359 e. The molecule has 0 aliphatic carbocycles. The molecule has 8 heteroatoms. The number of piperidine rings is 1. The molecule has 1 N–H and O–H groups in total. The van der Waals surface area contributed by atoms with Crippen LogP contribution in [0.1, 0.15) is 18.4 Å². The van der Waals surface area contributed by atoms with E-state index >= 15 is 0 Å². The van der Waals surface area contributed by atoms with Crippen LogP contribution in [0.4, 0.5) is 5.13 Å². The molecule has 1 amide bonds. The largest absolute Gasteiger partial charge is 0.359 e. The molecule has 0 unspecified atom stereocenters. The van der Waals surface area contributed by atoms with E-state index in [-0.39, 0.29) is 17.4 Å². The second kappa shape index (κ2) is 7.48. The van der Waals surface area contributed by atoms with E-state index in [4.69, 9.17) is 0 Å². The van der Waals surface area contributed by atoms with Crippen molar-refractivity contribution in [1.29, 1.82) is 0 Å². The van der Waals surface area contributed by atoms with E-state index in [9.17, 15) is 9.59 Å². The van der Waals surface area contributed by atoms with Crippen LogP contribution in [0.15, 0.2) is 41.5 Å². The Kier molecular flexibility index (Phi) is 4.89. The minimum absolute atomic E-state index is 0.0573. The van der Waals surface area contributed by atoms with E-state index in [0.29, 0.717) is 16.9 Å². The second-order valence-corrected chi connectivity index (χ2v) is 7.67. The van der Waals surface area contributed by atoms with Crippen LogP contribution in [0.2, 0.25) is 0 Å². The van der Waals surface area contributed by atoms with Gasteiger partial charge in [0.2, 0.25) is 5.91 Å². The van der Waals surface area contributed by atoms with Crippen molar-refractivity contribution in [3.05, 3.63) is 52.6 Å². The third kappa shape index (κ3) is 3.57. The number of thiazole rings is 1. The van der Waals surface area contributed by atoms with Crippen LogP contribution >= 0.6 is 11.3 Å². The van der Waals surface area contributed by atoms with Gasteiger partial charge in [0.15, 0.2) is 10.8 Å². The Morgan fingerprint density at radius 3 is 2.70 bits per heavy atom. The van der Waals surface area contributed by atoms with Gasteiger partial charge in [0.05, 0.1) is 6.54 Å². The zero-order valence-electron chi connectivity index (χ0n) is 15.1. The Hall–Kier alpha value is -2.74. The fourth-order valence-electron chi connectivity index (χ4n) is 3.40. The quantitative estimate of drug-likeness (QED) is 0.744. The lowest BCUT2D eigenvalue weighted by atomic mass is 9.96. The normalized spacial score (nSPS) is 15.2. The van der Waals surface area contributed by atoms with Crippen molar-refractivity contribution < 1.29 is 4.79 Å². The van der Waals surface area contributed by atoms with Crippen molar-refractivity contribution in [2.45, 2.75) is 19.4 Å². The number of fused-ring (bicyclic) bond motifs is 1. The molecular weight excluding hydrogens is 362 g/mol. The summed E-state index contributed by atoms with van der Waals surface area (Å²) in [4.78, 5) is 35.7. The summed E-state index contributed by atoms with van der Waals surface area (Å²) in [6.07, 6.45) is 3.15. The van der Waals surface area contributed by atoms with Crippen LogP contribution in [-0.2, 0) is 11.3 Å². The van der Waals surface area contributed by atoms with Crippen molar-refractivity contribution in [2.24, 2.45) is 5.92 Å². The standard InChI is InChI=1S/C19H21N5O2S/c1-20-17(25)14-7-9-23(10-8-14)19-22-16-15(27-19)18(26)24(12-21-16)11-13-5-3-2-4-6-13/h2-6,12,14H,7-11H2,1H3,(H,20,25). The number of carbonyl (C=O) groups is 1. The molecule has 2 aromatic heterocycles. The number of carbonyl (C=O) groups excluding carboxylic acids is 1. The first kappa shape index (κ1) is 17.7. The second-order valence-electron chi connectivity index (χ2n) is 6.69. The van der Waals surface area contributed by atoms with Crippen LogP contribution in [-0.4, -0.2) is 40.6 Å². The summed E-state index contributed by atoms with van der Waals surface area (Å²) in [6.45, 7) is 2.01. The number of amides is 1. The average molecular weight is 383 g/mol. The zero-order chi connectivity index (χ0) is 18.8. The number of nitrogens with zero attached hydrogens (tertiary/aromatic N) is 4. The van der Waals surface area contributed by atoms with Gasteiger partial charge in [0.1, 0.15) is 11.0 Å². The van der Waals surface area contributed by atoms with E-state index in [0.717, 1.165) is 36.6 Å². The Labute approximate surface area is 160 Å². The Bertz CT molecular complexity index is 1010. The maximum absolute atomic E-state index is 12.8. The molecule has 7 nitrogen and oxygen atoms in total. The molecule has 1 aliphatic heterocycles. The van der Waals surface area contributed by atoms with Crippen LogP contribution in [0.5, 0.6) is 0 Å². The van der Waals surface area contributed by atoms with Gasteiger partial charge in [-0.1, -0.05) is 41.7 Å². The third-order valence-corrected chi connectivity index (χ3v) is 6.04. The fraction of sp³-hybridized carbons (Fsp3) is 0.368. The lowest BCUT2D eigenvalue weighted by Crippen LogP contribution is -2.39. The zero-order valence-corrected chi connectivity index (χ0v) is 15.9. The minimum atomic E-state index is -0.0622. The molecule has 1 saturated heterocycles. The number of hydrogen-bond acceptors (Lipinski definition) is 6. The highest BCUT2D eigenvalue weighted by Gasteiger charge is 2.26. The van der Waals surface area contributed by atoms with Gasteiger partial charge in [-0.15, -0.1) is 0 Å². The van der Waals surface area contributed by atoms with E-state index in [1.807, 2.05) is 30.3 Å². The molecule has 0 radical (unpaired) electrons. The van der Waals surface area contributed by atoms with Gasteiger partial charge in [-0.05, 0) is 18.4 Å². The SMILES string of the molecule is CNC(=O)C1CCN(c2nc3ncn(Cc4ccccc4)c(=O)c3s2)CC1.